The lowest BCUT2D eigenvalue weighted by atomic mass is 10.2. The molecule has 0 saturated carbocycles. The molecule has 0 unspecified atom stereocenters. The lowest BCUT2D eigenvalue weighted by Crippen LogP contribution is -2.31. The highest BCUT2D eigenvalue weighted by molar-refractivity contribution is 7.80. The minimum absolute atomic E-state index is 0.375. The van der Waals surface area contributed by atoms with Crippen molar-refractivity contribution in [2.24, 2.45) is 0 Å². The highest BCUT2D eigenvalue weighted by Gasteiger charge is 2.09. The molecule has 7 nitrogen and oxygen atoms in total. The van der Waals surface area contributed by atoms with E-state index in [0.29, 0.717) is 28.7 Å². The van der Waals surface area contributed by atoms with Crippen LogP contribution in [0.2, 0.25) is 0 Å². The number of aromatic nitrogens is 5. The Kier molecular flexibility index (Phi) is 4.29. The molecule has 2 N–H and O–H groups in total. The van der Waals surface area contributed by atoms with Gasteiger partial charge in [0.15, 0.2) is 10.9 Å². The molecule has 0 aliphatic heterocycles. The molecular formula is C14H14FN7S. The normalized spacial score (nSPS) is 10.5. The number of rotatable bonds is 4. The van der Waals surface area contributed by atoms with E-state index in [1.54, 1.807) is 43.8 Å². The summed E-state index contributed by atoms with van der Waals surface area (Å²) in [5.41, 5.74) is 1.65. The van der Waals surface area contributed by atoms with E-state index in [-0.39, 0.29) is 0 Å². The summed E-state index contributed by atoms with van der Waals surface area (Å²) in [6.07, 6.45) is 5.00. The Labute approximate surface area is 137 Å². The van der Waals surface area contributed by atoms with E-state index < -0.39 is 5.82 Å². The minimum atomic E-state index is -0.391. The summed E-state index contributed by atoms with van der Waals surface area (Å²) < 4.78 is 17.2. The highest BCUT2D eigenvalue weighted by Crippen LogP contribution is 2.16. The Morgan fingerprint density at radius 2 is 2.22 bits per heavy atom. The second-order valence-corrected chi connectivity index (χ2v) is 5.08. The summed E-state index contributed by atoms with van der Waals surface area (Å²) in [4.78, 5) is 0. The summed E-state index contributed by atoms with van der Waals surface area (Å²) >= 11 is 4.99. The molecule has 0 atom stereocenters. The van der Waals surface area contributed by atoms with Crippen LogP contribution in [0.3, 0.4) is 0 Å². The molecule has 0 bridgehead atoms. The number of thiocarbonyl (C=S) groups is 1. The Balaban J connectivity index is 1.79. The molecule has 0 aliphatic rings. The Hall–Kier alpha value is -2.81. The average Bonchev–Trinajstić information content (AvgIpc) is 3.24. The fourth-order valence-electron chi connectivity index (χ4n) is 2.00. The smallest absolute Gasteiger partial charge is 0.166 e. The fraction of sp³-hybridized carbons (Fsp3) is 0.143. The van der Waals surface area contributed by atoms with Gasteiger partial charge in [-0.05, 0) is 30.4 Å². The third-order valence-electron chi connectivity index (χ3n) is 3.14. The van der Waals surface area contributed by atoms with E-state index in [9.17, 15) is 4.39 Å². The molecule has 23 heavy (non-hydrogen) atoms. The molecule has 0 aliphatic carbocycles. The van der Waals surface area contributed by atoms with E-state index in [4.69, 9.17) is 12.2 Å². The summed E-state index contributed by atoms with van der Waals surface area (Å²) in [5, 5.41) is 18.3. The van der Waals surface area contributed by atoms with Gasteiger partial charge in [0.2, 0.25) is 0 Å². The molecule has 2 heterocycles. The Bertz CT molecular complexity index is 812. The van der Waals surface area contributed by atoms with Crippen LogP contribution in [-0.4, -0.2) is 36.9 Å². The van der Waals surface area contributed by atoms with Crippen molar-refractivity contribution in [2.45, 2.75) is 6.54 Å². The average molecular weight is 331 g/mol. The topological polar surface area (TPSA) is 72.6 Å². The van der Waals surface area contributed by atoms with Crippen molar-refractivity contribution in [3.63, 3.8) is 0 Å². The lowest BCUT2D eigenvalue weighted by molar-refractivity contribution is 0.608. The van der Waals surface area contributed by atoms with Gasteiger partial charge in [0.1, 0.15) is 11.4 Å². The zero-order valence-electron chi connectivity index (χ0n) is 12.3. The molecule has 0 amide bonds. The molecule has 0 saturated heterocycles. The van der Waals surface area contributed by atoms with Gasteiger partial charge in [0.05, 0.1) is 18.4 Å². The first-order valence-corrected chi connectivity index (χ1v) is 7.25. The zero-order valence-corrected chi connectivity index (χ0v) is 13.1. The third-order valence-corrected chi connectivity index (χ3v) is 3.49. The van der Waals surface area contributed by atoms with Gasteiger partial charge in [-0.2, -0.15) is 5.10 Å². The number of hydrogen-bond acceptors (Lipinski definition) is 4. The van der Waals surface area contributed by atoms with Crippen LogP contribution in [0.15, 0.2) is 42.9 Å². The van der Waals surface area contributed by atoms with Gasteiger partial charge in [-0.1, -0.05) is 5.21 Å². The molecule has 9 heteroatoms. The molecular weight excluding hydrogens is 317 g/mol. The van der Waals surface area contributed by atoms with Gasteiger partial charge < -0.3 is 10.6 Å². The second-order valence-electron chi connectivity index (χ2n) is 4.67. The Morgan fingerprint density at radius 1 is 1.35 bits per heavy atom. The minimum Gasteiger partial charge on any atom is -0.366 e. The van der Waals surface area contributed by atoms with E-state index in [2.05, 4.69) is 26.0 Å². The van der Waals surface area contributed by atoms with Crippen LogP contribution in [0.5, 0.6) is 0 Å². The molecule has 0 fully saturated rings. The first-order chi connectivity index (χ1) is 11.2. The number of halogens is 1. The molecule has 1 aromatic carbocycles. The van der Waals surface area contributed by atoms with Crippen molar-refractivity contribution in [3.05, 3.63) is 54.4 Å². The van der Waals surface area contributed by atoms with Gasteiger partial charge in [0.25, 0.3) is 0 Å². The molecule has 0 spiro atoms. The van der Waals surface area contributed by atoms with Crippen LogP contribution in [-0.2, 0) is 6.54 Å². The highest BCUT2D eigenvalue weighted by atomic mass is 32.1. The monoisotopic (exact) mass is 331 g/mol. The number of nitrogens with zero attached hydrogens (tertiary/aromatic N) is 5. The first kappa shape index (κ1) is 15.1. The van der Waals surface area contributed by atoms with Crippen LogP contribution in [0.4, 0.5) is 4.39 Å². The standard InChI is InChI=1S/C14H14FN7S/c1-16-14(23)17-8-10-9-22(20-19-10)11-3-4-13(12(15)7-11)21-6-2-5-18-21/h2-7,9H,8H2,1H3,(H2,16,17,23). The third kappa shape index (κ3) is 3.34. The van der Waals surface area contributed by atoms with E-state index in [0.717, 1.165) is 0 Å². The quantitative estimate of drug-likeness (QED) is 0.700. The number of hydrogen-bond donors (Lipinski definition) is 2. The second kappa shape index (κ2) is 6.53. The number of benzene rings is 1. The Morgan fingerprint density at radius 3 is 2.91 bits per heavy atom. The van der Waals surface area contributed by atoms with Gasteiger partial charge in [-0.3, -0.25) is 0 Å². The maximum absolute atomic E-state index is 14.2. The van der Waals surface area contributed by atoms with Gasteiger partial charge in [0, 0.05) is 25.5 Å². The molecule has 3 rings (SSSR count). The maximum atomic E-state index is 14.2. The van der Waals surface area contributed by atoms with Gasteiger partial charge in [-0.25, -0.2) is 13.8 Å². The van der Waals surface area contributed by atoms with Gasteiger partial charge >= 0.3 is 0 Å². The zero-order chi connectivity index (χ0) is 16.2. The largest absolute Gasteiger partial charge is 0.366 e. The molecule has 0 radical (unpaired) electrons. The molecule has 3 aromatic rings. The first-order valence-electron chi connectivity index (χ1n) is 6.84. The van der Waals surface area contributed by atoms with Crippen LogP contribution in [0, 0.1) is 5.82 Å². The van der Waals surface area contributed by atoms with Crippen molar-refractivity contribution >= 4 is 17.3 Å². The molecule has 118 valence electrons. The van der Waals surface area contributed by atoms with Crippen molar-refractivity contribution < 1.29 is 4.39 Å². The SMILES string of the molecule is CNC(=S)NCc1cn(-c2ccc(-n3cccn3)c(F)c2)nn1. The summed E-state index contributed by atoms with van der Waals surface area (Å²) in [5.74, 6) is -0.391. The van der Waals surface area contributed by atoms with Crippen molar-refractivity contribution in [1.82, 2.24) is 35.4 Å². The summed E-state index contributed by atoms with van der Waals surface area (Å²) in [6, 6.07) is 6.53. The maximum Gasteiger partial charge on any atom is 0.166 e. The van der Waals surface area contributed by atoms with Crippen molar-refractivity contribution in [1.29, 1.82) is 0 Å². The predicted octanol–water partition coefficient (Wildman–Crippen LogP) is 1.19. The summed E-state index contributed by atoms with van der Waals surface area (Å²) in [6.45, 7) is 0.438. The fourth-order valence-corrected chi connectivity index (χ4v) is 2.07. The van der Waals surface area contributed by atoms with E-state index in [1.807, 2.05) is 0 Å². The van der Waals surface area contributed by atoms with Crippen LogP contribution < -0.4 is 10.6 Å². The number of nitrogens with one attached hydrogen (secondary N) is 2. The van der Waals surface area contributed by atoms with Gasteiger partial charge in [-0.15, -0.1) is 5.10 Å². The van der Waals surface area contributed by atoms with Crippen LogP contribution in [0.25, 0.3) is 11.4 Å². The van der Waals surface area contributed by atoms with Crippen molar-refractivity contribution in [3.8, 4) is 11.4 Å². The van der Waals surface area contributed by atoms with E-state index in [1.165, 1.54) is 15.4 Å². The van der Waals surface area contributed by atoms with E-state index >= 15 is 0 Å². The predicted molar refractivity (Wildman–Crippen MR) is 86.9 cm³/mol. The van der Waals surface area contributed by atoms with Crippen LogP contribution >= 0.6 is 12.2 Å². The summed E-state index contributed by atoms with van der Waals surface area (Å²) in [7, 11) is 1.73. The molecule has 2 aromatic heterocycles. The lowest BCUT2D eigenvalue weighted by Gasteiger charge is -2.06. The van der Waals surface area contributed by atoms with Crippen molar-refractivity contribution in [2.75, 3.05) is 7.05 Å². The van der Waals surface area contributed by atoms with Crippen LogP contribution in [0.1, 0.15) is 5.69 Å².